The number of aromatic amines is 1. The summed E-state index contributed by atoms with van der Waals surface area (Å²) in [5.74, 6) is -0.973. The predicted octanol–water partition coefficient (Wildman–Crippen LogP) is 4.13. The first kappa shape index (κ1) is 14.7. The third kappa shape index (κ3) is 2.05. The molecular formula is C15H15Cl2NO3. The predicted molar refractivity (Wildman–Crippen MR) is 82.2 cm³/mol. The van der Waals surface area contributed by atoms with Gasteiger partial charge in [0, 0.05) is 10.9 Å². The van der Waals surface area contributed by atoms with E-state index in [9.17, 15) is 9.90 Å². The fourth-order valence-corrected chi connectivity index (χ4v) is 3.54. The topological polar surface area (TPSA) is 62.3 Å². The van der Waals surface area contributed by atoms with Gasteiger partial charge >= 0.3 is 5.97 Å². The highest BCUT2D eigenvalue weighted by Crippen LogP contribution is 2.43. The molecule has 0 amide bonds. The zero-order chi connectivity index (χ0) is 15.2. The lowest BCUT2D eigenvalue weighted by molar-refractivity contribution is -0.171. The lowest BCUT2D eigenvalue weighted by Gasteiger charge is -2.33. The van der Waals surface area contributed by atoms with E-state index in [1.165, 1.54) is 0 Å². The fraction of sp³-hybridized carbons (Fsp3) is 0.400. The van der Waals surface area contributed by atoms with Crippen LogP contribution < -0.4 is 0 Å². The number of hydrogen-bond donors (Lipinski definition) is 2. The molecule has 1 aliphatic rings. The summed E-state index contributed by atoms with van der Waals surface area (Å²) in [6, 6.07) is 3.53. The summed E-state index contributed by atoms with van der Waals surface area (Å²) in [5, 5.41) is 11.4. The second-order valence-corrected chi connectivity index (χ2v) is 6.03. The number of aromatic nitrogens is 1. The Morgan fingerprint density at radius 1 is 1.48 bits per heavy atom. The highest BCUT2D eigenvalue weighted by molar-refractivity contribution is 6.45. The van der Waals surface area contributed by atoms with Gasteiger partial charge in [0.25, 0.3) is 0 Å². The Balaban J connectivity index is 2.32. The molecule has 112 valence electrons. The van der Waals surface area contributed by atoms with Gasteiger partial charge in [0.05, 0.1) is 22.3 Å². The quantitative estimate of drug-likeness (QED) is 0.891. The second kappa shape index (κ2) is 5.20. The van der Waals surface area contributed by atoms with Crippen LogP contribution in [-0.4, -0.2) is 22.7 Å². The van der Waals surface area contributed by atoms with Crippen LogP contribution in [0.1, 0.15) is 31.0 Å². The number of benzene rings is 1. The molecule has 0 spiro atoms. The van der Waals surface area contributed by atoms with Crippen LogP contribution in [0.2, 0.25) is 10.0 Å². The monoisotopic (exact) mass is 327 g/mol. The number of fused-ring (bicyclic) bond motifs is 3. The number of halogens is 2. The van der Waals surface area contributed by atoms with E-state index in [4.69, 9.17) is 27.9 Å². The molecule has 1 aromatic carbocycles. The van der Waals surface area contributed by atoms with Gasteiger partial charge < -0.3 is 14.8 Å². The van der Waals surface area contributed by atoms with E-state index in [2.05, 4.69) is 4.98 Å². The lowest BCUT2D eigenvalue weighted by Crippen LogP contribution is -2.43. The molecule has 3 rings (SSSR count). The van der Waals surface area contributed by atoms with E-state index in [-0.39, 0.29) is 0 Å². The number of nitrogens with one attached hydrogen (secondary N) is 1. The molecule has 6 heteroatoms. The molecule has 1 aromatic heterocycles. The van der Waals surface area contributed by atoms with E-state index in [0.717, 1.165) is 16.5 Å². The number of carbonyl (C=O) groups is 1. The number of ether oxygens (including phenoxy) is 1. The smallest absolute Gasteiger partial charge is 0.342 e. The van der Waals surface area contributed by atoms with Crippen LogP contribution in [0.25, 0.3) is 10.9 Å². The van der Waals surface area contributed by atoms with Crippen LogP contribution in [0.4, 0.5) is 0 Å². The van der Waals surface area contributed by atoms with Crippen molar-refractivity contribution in [3.05, 3.63) is 33.4 Å². The maximum atomic E-state index is 11.9. The third-order valence-corrected chi connectivity index (χ3v) is 4.81. The molecule has 0 bridgehead atoms. The number of H-pyrrole nitrogens is 1. The van der Waals surface area contributed by atoms with Crippen molar-refractivity contribution in [1.82, 2.24) is 4.98 Å². The van der Waals surface area contributed by atoms with Crippen LogP contribution in [0, 0.1) is 0 Å². The molecule has 1 aliphatic heterocycles. The van der Waals surface area contributed by atoms with Gasteiger partial charge in [-0.25, -0.2) is 4.79 Å². The van der Waals surface area contributed by atoms with Gasteiger partial charge in [0.1, 0.15) is 0 Å². The molecule has 0 aliphatic carbocycles. The standard InChI is InChI=1S/C15H15Cl2NO3/c1-2-6-15(14(19)20)13-8(5-7-21-15)11-10(18-13)4-3-9(16)12(11)17/h3-4,18H,2,5-7H2,1H3,(H,19,20). The molecule has 0 saturated carbocycles. The van der Waals surface area contributed by atoms with Gasteiger partial charge in [-0.05, 0) is 30.5 Å². The van der Waals surface area contributed by atoms with Crippen LogP contribution >= 0.6 is 23.2 Å². The lowest BCUT2D eigenvalue weighted by atomic mass is 9.87. The maximum absolute atomic E-state index is 11.9. The van der Waals surface area contributed by atoms with Crippen LogP contribution in [-0.2, 0) is 21.6 Å². The van der Waals surface area contributed by atoms with Crippen molar-refractivity contribution >= 4 is 40.1 Å². The van der Waals surface area contributed by atoms with Crippen molar-refractivity contribution in [3.63, 3.8) is 0 Å². The van der Waals surface area contributed by atoms with E-state index >= 15 is 0 Å². The molecule has 2 heterocycles. The average molecular weight is 328 g/mol. The minimum absolute atomic E-state index is 0.356. The molecule has 1 unspecified atom stereocenters. The molecule has 0 radical (unpaired) electrons. The summed E-state index contributed by atoms with van der Waals surface area (Å²) >= 11 is 12.4. The Kier molecular flexibility index (Phi) is 3.64. The molecule has 21 heavy (non-hydrogen) atoms. The van der Waals surface area contributed by atoms with Crippen molar-refractivity contribution in [2.24, 2.45) is 0 Å². The summed E-state index contributed by atoms with van der Waals surface area (Å²) in [7, 11) is 0. The first-order chi connectivity index (χ1) is 10.0. The number of carboxylic acid groups (broad SMARTS) is 1. The van der Waals surface area contributed by atoms with E-state index in [1.807, 2.05) is 13.0 Å². The van der Waals surface area contributed by atoms with Gasteiger partial charge in [-0.2, -0.15) is 0 Å². The number of aliphatic carboxylic acids is 1. The molecule has 0 fully saturated rings. The zero-order valence-corrected chi connectivity index (χ0v) is 13.0. The molecule has 0 saturated heterocycles. The minimum atomic E-state index is -1.32. The maximum Gasteiger partial charge on any atom is 0.342 e. The second-order valence-electron chi connectivity index (χ2n) is 5.24. The summed E-state index contributed by atoms with van der Waals surface area (Å²) in [6.45, 7) is 2.30. The first-order valence-electron chi connectivity index (χ1n) is 6.87. The van der Waals surface area contributed by atoms with Crippen molar-refractivity contribution < 1.29 is 14.6 Å². The van der Waals surface area contributed by atoms with Crippen LogP contribution in [0.15, 0.2) is 12.1 Å². The van der Waals surface area contributed by atoms with E-state index in [0.29, 0.717) is 41.6 Å². The SMILES string of the molecule is CCCC1(C(=O)O)OCCc2c1[nH]c1ccc(Cl)c(Cl)c21. The minimum Gasteiger partial charge on any atom is -0.479 e. The Labute approximate surface area is 132 Å². The number of hydrogen-bond acceptors (Lipinski definition) is 2. The van der Waals surface area contributed by atoms with Crippen molar-refractivity contribution in [2.75, 3.05) is 6.61 Å². The van der Waals surface area contributed by atoms with E-state index < -0.39 is 11.6 Å². The highest BCUT2D eigenvalue weighted by atomic mass is 35.5. The summed E-state index contributed by atoms with van der Waals surface area (Å²) in [4.78, 5) is 15.0. The Morgan fingerprint density at radius 3 is 2.90 bits per heavy atom. The largest absolute Gasteiger partial charge is 0.479 e. The Hall–Kier alpha value is -1.23. The van der Waals surface area contributed by atoms with E-state index in [1.54, 1.807) is 6.07 Å². The first-order valence-corrected chi connectivity index (χ1v) is 7.63. The van der Waals surface area contributed by atoms with Crippen molar-refractivity contribution in [2.45, 2.75) is 31.8 Å². The van der Waals surface area contributed by atoms with Gasteiger partial charge in [-0.1, -0.05) is 36.5 Å². The summed E-state index contributed by atoms with van der Waals surface area (Å²) in [6.07, 6.45) is 1.73. The molecular weight excluding hydrogens is 313 g/mol. The van der Waals surface area contributed by atoms with Gasteiger partial charge in [0.15, 0.2) is 0 Å². The zero-order valence-electron chi connectivity index (χ0n) is 11.5. The molecule has 4 nitrogen and oxygen atoms in total. The third-order valence-electron chi connectivity index (χ3n) is 4.01. The number of rotatable bonds is 3. The van der Waals surface area contributed by atoms with Crippen molar-refractivity contribution in [1.29, 1.82) is 0 Å². The average Bonchev–Trinajstić information content (AvgIpc) is 2.83. The summed E-state index contributed by atoms with van der Waals surface area (Å²) < 4.78 is 5.69. The normalized spacial score (nSPS) is 21.5. The van der Waals surface area contributed by atoms with Crippen LogP contribution in [0.5, 0.6) is 0 Å². The Morgan fingerprint density at radius 2 is 2.24 bits per heavy atom. The van der Waals surface area contributed by atoms with Gasteiger partial charge in [-0.15, -0.1) is 0 Å². The Bertz CT molecular complexity index is 725. The van der Waals surface area contributed by atoms with Gasteiger partial charge in [0.2, 0.25) is 5.60 Å². The number of carboxylic acids is 1. The highest BCUT2D eigenvalue weighted by Gasteiger charge is 2.46. The molecule has 2 N–H and O–H groups in total. The molecule has 2 aromatic rings. The fourth-order valence-electron chi connectivity index (χ4n) is 3.10. The molecule has 1 atom stereocenters. The summed E-state index contributed by atoms with van der Waals surface area (Å²) in [5.41, 5.74) is 0.973. The van der Waals surface area contributed by atoms with Crippen molar-refractivity contribution in [3.8, 4) is 0 Å². The van der Waals surface area contributed by atoms with Gasteiger partial charge in [-0.3, -0.25) is 0 Å². The van der Waals surface area contributed by atoms with Crippen LogP contribution in [0.3, 0.4) is 0 Å².